The van der Waals surface area contributed by atoms with Crippen LogP contribution in [0.1, 0.15) is 25.8 Å². The van der Waals surface area contributed by atoms with Crippen LogP contribution in [0.5, 0.6) is 0 Å². The van der Waals surface area contributed by atoms with Crippen molar-refractivity contribution in [1.82, 2.24) is 10.2 Å². The number of anilines is 1. The van der Waals surface area contributed by atoms with E-state index >= 15 is 0 Å². The third-order valence-electron chi connectivity index (χ3n) is 5.92. The van der Waals surface area contributed by atoms with Crippen LogP contribution in [0.15, 0.2) is 60.7 Å². The molecule has 0 saturated carbocycles. The summed E-state index contributed by atoms with van der Waals surface area (Å²) in [6.45, 7) is 2.97. The van der Waals surface area contributed by atoms with E-state index in [1.54, 1.807) is 6.07 Å². The number of nitrogens with zero attached hydrogens (tertiary/aromatic N) is 2. The number of alkyl halides is 3. The Balaban J connectivity index is 1.75. The summed E-state index contributed by atoms with van der Waals surface area (Å²) in [7, 11) is 0. The lowest BCUT2D eigenvalue weighted by Crippen LogP contribution is -2.58. The lowest BCUT2D eigenvalue weighted by Gasteiger charge is -2.31. The van der Waals surface area contributed by atoms with Crippen molar-refractivity contribution < 1.29 is 32.3 Å². The molecule has 3 amide bonds. The zero-order valence-corrected chi connectivity index (χ0v) is 20.7. The van der Waals surface area contributed by atoms with Gasteiger partial charge in [-0.05, 0) is 38.0 Å². The van der Waals surface area contributed by atoms with Gasteiger partial charge in [0.15, 0.2) is 0 Å². The Kier molecular flexibility index (Phi) is 8.93. The zero-order chi connectivity index (χ0) is 27.2. The molecule has 0 bridgehead atoms. The first-order valence-electron chi connectivity index (χ1n) is 11.8. The minimum atomic E-state index is -5.08. The van der Waals surface area contributed by atoms with Crippen LogP contribution in [0.2, 0.25) is 0 Å². The first-order chi connectivity index (χ1) is 17.4. The van der Waals surface area contributed by atoms with E-state index in [9.17, 15) is 27.6 Å². The van der Waals surface area contributed by atoms with Gasteiger partial charge in [0.05, 0.1) is 24.8 Å². The number of carbonyl (C=O) groups is 3. The number of amides is 3. The molecule has 2 unspecified atom stereocenters. The SMILES string of the molecule is CC(C)(N)C(=O)NC(COCc1ccccc1)C(=O)N1CCC(N(C(=O)C(F)(F)F)c2ccccc2)C1. The Hall–Kier alpha value is -3.44. The molecule has 2 aromatic carbocycles. The van der Waals surface area contributed by atoms with Gasteiger partial charge < -0.3 is 20.7 Å². The summed E-state index contributed by atoms with van der Waals surface area (Å²) in [6.07, 6.45) is -4.95. The summed E-state index contributed by atoms with van der Waals surface area (Å²) < 4.78 is 45.9. The van der Waals surface area contributed by atoms with Crippen molar-refractivity contribution in [2.75, 3.05) is 24.6 Å². The van der Waals surface area contributed by atoms with E-state index < -0.39 is 41.5 Å². The van der Waals surface area contributed by atoms with Crippen molar-refractivity contribution in [3.05, 3.63) is 66.2 Å². The molecule has 1 aliphatic rings. The van der Waals surface area contributed by atoms with E-state index in [0.29, 0.717) is 4.90 Å². The van der Waals surface area contributed by atoms with Crippen molar-refractivity contribution in [2.45, 2.75) is 50.7 Å². The molecule has 0 aromatic heterocycles. The Labute approximate surface area is 213 Å². The fraction of sp³-hybridized carbons (Fsp3) is 0.423. The smallest absolute Gasteiger partial charge is 0.374 e. The highest BCUT2D eigenvalue weighted by Gasteiger charge is 2.47. The molecule has 1 heterocycles. The van der Waals surface area contributed by atoms with Crippen molar-refractivity contribution in [3.8, 4) is 0 Å². The van der Waals surface area contributed by atoms with E-state index in [1.165, 1.54) is 43.0 Å². The quantitative estimate of drug-likeness (QED) is 0.529. The molecule has 8 nitrogen and oxygen atoms in total. The van der Waals surface area contributed by atoms with Gasteiger partial charge in [-0.2, -0.15) is 13.2 Å². The molecule has 0 radical (unpaired) electrons. The maximum absolute atomic E-state index is 13.4. The summed E-state index contributed by atoms with van der Waals surface area (Å²) in [5, 5.41) is 2.60. The van der Waals surface area contributed by atoms with Crippen LogP contribution in [0.4, 0.5) is 18.9 Å². The van der Waals surface area contributed by atoms with Crippen molar-refractivity contribution >= 4 is 23.4 Å². The molecular formula is C26H31F3N4O4. The van der Waals surface area contributed by atoms with Crippen LogP contribution in [-0.2, 0) is 25.7 Å². The van der Waals surface area contributed by atoms with Crippen molar-refractivity contribution in [3.63, 3.8) is 0 Å². The van der Waals surface area contributed by atoms with Gasteiger partial charge in [0, 0.05) is 18.8 Å². The number of ether oxygens (including phenoxy) is 1. The van der Waals surface area contributed by atoms with Crippen LogP contribution in [0.3, 0.4) is 0 Å². The van der Waals surface area contributed by atoms with E-state index in [0.717, 1.165) is 5.56 Å². The van der Waals surface area contributed by atoms with Crippen molar-refractivity contribution in [1.29, 1.82) is 0 Å². The summed E-state index contributed by atoms with van der Waals surface area (Å²) in [5.74, 6) is -3.11. The topological polar surface area (TPSA) is 105 Å². The predicted molar refractivity (Wildman–Crippen MR) is 131 cm³/mol. The maximum atomic E-state index is 13.4. The lowest BCUT2D eigenvalue weighted by atomic mass is 10.1. The first-order valence-corrected chi connectivity index (χ1v) is 11.8. The predicted octanol–water partition coefficient (Wildman–Crippen LogP) is 2.62. The van der Waals surface area contributed by atoms with Gasteiger partial charge in [0.2, 0.25) is 11.8 Å². The normalized spacial score (nSPS) is 16.8. The molecule has 200 valence electrons. The number of hydrogen-bond acceptors (Lipinski definition) is 5. The Morgan fingerprint density at radius 2 is 1.68 bits per heavy atom. The van der Waals surface area contributed by atoms with Crippen LogP contribution in [0, 0.1) is 0 Å². The van der Waals surface area contributed by atoms with Gasteiger partial charge in [-0.15, -0.1) is 0 Å². The zero-order valence-electron chi connectivity index (χ0n) is 20.7. The second kappa shape index (κ2) is 11.7. The highest BCUT2D eigenvalue weighted by atomic mass is 19.4. The van der Waals surface area contributed by atoms with Crippen LogP contribution in [0.25, 0.3) is 0 Å². The van der Waals surface area contributed by atoms with Crippen LogP contribution >= 0.6 is 0 Å². The fourth-order valence-corrected chi connectivity index (χ4v) is 3.98. The fourth-order valence-electron chi connectivity index (χ4n) is 3.98. The molecule has 2 aromatic rings. The molecule has 3 rings (SSSR count). The number of carbonyl (C=O) groups excluding carboxylic acids is 3. The second-order valence-corrected chi connectivity index (χ2v) is 9.48. The van der Waals surface area contributed by atoms with Crippen molar-refractivity contribution in [2.24, 2.45) is 5.73 Å². The lowest BCUT2D eigenvalue weighted by molar-refractivity contribution is -0.171. The third-order valence-corrected chi connectivity index (χ3v) is 5.92. The Morgan fingerprint density at radius 3 is 2.24 bits per heavy atom. The molecule has 2 atom stereocenters. The van der Waals surface area contributed by atoms with Gasteiger partial charge in [-0.1, -0.05) is 48.5 Å². The number of benzene rings is 2. The molecular weight excluding hydrogens is 489 g/mol. The van der Waals surface area contributed by atoms with E-state index in [1.807, 2.05) is 30.3 Å². The first kappa shape index (κ1) is 28.1. The molecule has 37 heavy (non-hydrogen) atoms. The number of halogens is 3. The molecule has 0 aliphatic carbocycles. The van der Waals surface area contributed by atoms with E-state index in [4.69, 9.17) is 10.5 Å². The molecule has 0 spiro atoms. The molecule has 1 saturated heterocycles. The Morgan fingerprint density at radius 1 is 1.08 bits per heavy atom. The summed E-state index contributed by atoms with van der Waals surface area (Å²) in [6, 6.07) is 14.7. The highest BCUT2D eigenvalue weighted by Crippen LogP contribution is 2.29. The van der Waals surface area contributed by atoms with Gasteiger partial charge in [-0.3, -0.25) is 19.3 Å². The number of hydrogen-bond donors (Lipinski definition) is 2. The Bertz CT molecular complexity index is 1070. The number of likely N-dealkylation sites (tertiary alicyclic amines) is 1. The van der Waals surface area contributed by atoms with Crippen LogP contribution < -0.4 is 16.0 Å². The average molecular weight is 521 g/mol. The molecule has 11 heteroatoms. The minimum absolute atomic E-state index is 0.0880. The average Bonchev–Trinajstić information content (AvgIpc) is 3.33. The van der Waals surface area contributed by atoms with Gasteiger partial charge >= 0.3 is 12.1 Å². The highest BCUT2D eigenvalue weighted by molar-refractivity contribution is 5.98. The van der Waals surface area contributed by atoms with Crippen LogP contribution in [-0.4, -0.2) is 66.1 Å². The summed E-state index contributed by atoms with van der Waals surface area (Å²) in [5.41, 5.74) is 5.56. The van der Waals surface area contributed by atoms with Gasteiger partial charge in [-0.25, -0.2) is 0 Å². The van der Waals surface area contributed by atoms with Gasteiger partial charge in [0.1, 0.15) is 6.04 Å². The second-order valence-electron chi connectivity index (χ2n) is 9.48. The maximum Gasteiger partial charge on any atom is 0.471 e. The minimum Gasteiger partial charge on any atom is -0.374 e. The monoisotopic (exact) mass is 520 g/mol. The summed E-state index contributed by atoms with van der Waals surface area (Å²) in [4.78, 5) is 40.3. The number of nitrogens with one attached hydrogen (secondary N) is 1. The largest absolute Gasteiger partial charge is 0.471 e. The molecule has 1 fully saturated rings. The standard InChI is InChI=1S/C26H31F3N4O4/c1-25(2,30)23(35)31-21(17-37-16-18-9-5-3-6-10-18)22(34)32-14-13-20(15-32)33(24(36)26(27,28)29)19-11-7-4-8-12-19/h3-12,20-21H,13-17,30H2,1-2H3,(H,31,35). The van der Waals surface area contributed by atoms with E-state index in [2.05, 4.69) is 5.32 Å². The molecule has 1 aliphatic heterocycles. The third kappa shape index (κ3) is 7.53. The number of rotatable bonds is 9. The number of nitrogens with two attached hydrogens (primary N) is 1. The van der Waals surface area contributed by atoms with E-state index in [-0.39, 0.29) is 38.4 Å². The van der Waals surface area contributed by atoms with Gasteiger partial charge in [0.25, 0.3) is 0 Å². The molecule has 3 N–H and O–H groups in total. The summed E-state index contributed by atoms with van der Waals surface area (Å²) >= 11 is 0. The number of para-hydroxylation sites is 1.